The van der Waals surface area contributed by atoms with E-state index >= 15 is 0 Å². The van der Waals surface area contributed by atoms with Crippen molar-refractivity contribution in [3.63, 3.8) is 0 Å². The number of aromatic nitrogens is 4. The molecular formula is C28H32N6. The van der Waals surface area contributed by atoms with E-state index in [1.807, 2.05) is 18.5 Å². The van der Waals surface area contributed by atoms with Crippen LogP contribution in [0.3, 0.4) is 0 Å². The molecule has 1 fully saturated rings. The molecule has 0 spiro atoms. The lowest BCUT2D eigenvalue weighted by Gasteiger charge is -2.14. The van der Waals surface area contributed by atoms with Crippen LogP contribution in [0.5, 0.6) is 0 Å². The molecule has 0 unspecified atom stereocenters. The number of aliphatic imine (C=N–C) groups is 1. The maximum Gasteiger partial charge on any atom is 0.116 e. The van der Waals surface area contributed by atoms with E-state index in [9.17, 15) is 0 Å². The van der Waals surface area contributed by atoms with E-state index < -0.39 is 0 Å². The summed E-state index contributed by atoms with van der Waals surface area (Å²) in [5, 5.41) is 8.78. The van der Waals surface area contributed by atoms with Gasteiger partial charge in [0.15, 0.2) is 0 Å². The van der Waals surface area contributed by atoms with Crippen LogP contribution in [0.1, 0.15) is 42.6 Å². The predicted molar refractivity (Wildman–Crippen MR) is 142 cm³/mol. The monoisotopic (exact) mass is 452 g/mol. The number of likely N-dealkylation sites (tertiary alicyclic amines) is 1. The smallest absolute Gasteiger partial charge is 0.116 e. The summed E-state index contributed by atoms with van der Waals surface area (Å²) < 4.78 is 0. The van der Waals surface area contributed by atoms with Gasteiger partial charge < -0.3 is 9.88 Å². The highest BCUT2D eigenvalue weighted by atomic mass is 15.1. The Labute approximate surface area is 200 Å². The molecule has 0 amide bonds. The number of fused-ring (bicyclic) bond motifs is 1. The van der Waals surface area contributed by atoms with Gasteiger partial charge in [-0.15, -0.1) is 0 Å². The van der Waals surface area contributed by atoms with Crippen LogP contribution in [-0.4, -0.2) is 57.5 Å². The fourth-order valence-corrected chi connectivity index (χ4v) is 4.77. The number of H-pyrrole nitrogens is 2. The lowest BCUT2D eigenvalue weighted by atomic mass is 10.0. The van der Waals surface area contributed by atoms with Crippen LogP contribution in [0.25, 0.3) is 33.9 Å². The van der Waals surface area contributed by atoms with E-state index in [0.717, 1.165) is 57.7 Å². The zero-order valence-corrected chi connectivity index (χ0v) is 19.8. The van der Waals surface area contributed by atoms with Gasteiger partial charge in [-0.1, -0.05) is 30.9 Å². The largest absolute Gasteiger partial charge is 0.357 e. The summed E-state index contributed by atoms with van der Waals surface area (Å²) in [4.78, 5) is 15.4. The minimum Gasteiger partial charge on any atom is -0.357 e. The van der Waals surface area contributed by atoms with Crippen LogP contribution >= 0.6 is 0 Å². The van der Waals surface area contributed by atoms with E-state index in [4.69, 9.17) is 4.98 Å². The maximum absolute atomic E-state index is 4.74. The Morgan fingerprint density at radius 3 is 2.94 bits per heavy atom. The molecule has 6 nitrogen and oxygen atoms in total. The van der Waals surface area contributed by atoms with Crippen LogP contribution in [0.4, 0.5) is 0 Å². The van der Waals surface area contributed by atoms with Crippen molar-refractivity contribution in [2.45, 2.75) is 32.6 Å². The maximum atomic E-state index is 4.74. The molecule has 0 aliphatic carbocycles. The SMILES string of the molecule is C=C/C=C\c1cc(-c2n[nH]c3cnc(C4=CCN=CC(CCCN5CCCC5)=C4)cc23)[nH]c1C. The second-order valence-corrected chi connectivity index (χ2v) is 9.07. The van der Waals surface area contributed by atoms with Crippen LogP contribution in [0.15, 0.2) is 59.8 Å². The molecule has 2 N–H and O–H groups in total. The summed E-state index contributed by atoms with van der Waals surface area (Å²) in [5.41, 5.74) is 8.40. The second kappa shape index (κ2) is 10.2. The first-order chi connectivity index (χ1) is 16.7. The highest BCUT2D eigenvalue weighted by molar-refractivity contribution is 5.95. The van der Waals surface area contributed by atoms with Gasteiger partial charge in [0.1, 0.15) is 5.69 Å². The first-order valence-electron chi connectivity index (χ1n) is 12.2. The topological polar surface area (TPSA) is 73.0 Å². The first-order valence-corrected chi connectivity index (χ1v) is 12.2. The van der Waals surface area contributed by atoms with Crippen molar-refractivity contribution in [1.29, 1.82) is 0 Å². The molecule has 174 valence electrons. The molecule has 0 saturated carbocycles. The fraction of sp³-hybridized carbons (Fsp3) is 0.321. The van der Waals surface area contributed by atoms with Gasteiger partial charge in [0.25, 0.3) is 0 Å². The summed E-state index contributed by atoms with van der Waals surface area (Å²) in [7, 11) is 0. The Kier molecular flexibility index (Phi) is 6.67. The summed E-state index contributed by atoms with van der Waals surface area (Å²) in [5.74, 6) is 0. The zero-order chi connectivity index (χ0) is 23.3. The lowest BCUT2D eigenvalue weighted by molar-refractivity contribution is 0.334. The predicted octanol–water partition coefficient (Wildman–Crippen LogP) is 5.73. The lowest BCUT2D eigenvalue weighted by Crippen LogP contribution is -2.20. The Balaban J connectivity index is 1.39. The van der Waals surface area contributed by atoms with E-state index in [1.165, 1.54) is 38.0 Å². The molecule has 1 saturated heterocycles. The van der Waals surface area contributed by atoms with Crippen LogP contribution < -0.4 is 0 Å². The molecule has 0 atom stereocenters. The van der Waals surface area contributed by atoms with Crippen LogP contribution in [0.2, 0.25) is 0 Å². The van der Waals surface area contributed by atoms with Gasteiger partial charge >= 0.3 is 0 Å². The van der Waals surface area contributed by atoms with E-state index in [2.05, 4.69) is 68.9 Å². The number of hydrogen-bond acceptors (Lipinski definition) is 4. The van der Waals surface area contributed by atoms with E-state index in [-0.39, 0.29) is 0 Å². The summed E-state index contributed by atoms with van der Waals surface area (Å²) in [6.07, 6.45) is 19.0. The average molecular weight is 453 g/mol. The molecule has 34 heavy (non-hydrogen) atoms. The van der Waals surface area contributed by atoms with Crippen molar-refractivity contribution in [2.24, 2.45) is 4.99 Å². The van der Waals surface area contributed by atoms with Crippen molar-refractivity contribution in [2.75, 3.05) is 26.2 Å². The van der Waals surface area contributed by atoms with E-state index in [1.54, 1.807) is 6.08 Å². The minimum atomic E-state index is 0.675. The molecule has 0 radical (unpaired) electrons. The van der Waals surface area contributed by atoms with Crippen molar-refractivity contribution in [1.82, 2.24) is 25.1 Å². The number of aryl methyl sites for hydroxylation is 1. The molecule has 3 aromatic rings. The first kappa shape index (κ1) is 22.3. The molecule has 0 aromatic carbocycles. The Bertz CT molecular complexity index is 1290. The number of allylic oxidation sites excluding steroid dienone is 5. The third kappa shape index (κ3) is 4.87. The van der Waals surface area contributed by atoms with Gasteiger partial charge in [-0.2, -0.15) is 5.10 Å². The van der Waals surface area contributed by atoms with Gasteiger partial charge in [-0.3, -0.25) is 15.1 Å². The van der Waals surface area contributed by atoms with Crippen molar-refractivity contribution < 1.29 is 0 Å². The van der Waals surface area contributed by atoms with Crippen LogP contribution in [-0.2, 0) is 0 Å². The summed E-state index contributed by atoms with van der Waals surface area (Å²) >= 11 is 0. The fourth-order valence-electron chi connectivity index (χ4n) is 4.77. The van der Waals surface area contributed by atoms with Gasteiger partial charge in [0.2, 0.25) is 0 Å². The number of pyridine rings is 1. The molecule has 2 aliphatic heterocycles. The molecular weight excluding hydrogens is 420 g/mol. The van der Waals surface area contributed by atoms with E-state index in [0.29, 0.717) is 6.54 Å². The molecule has 5 rings (SSSR count). The number of nitrogens with zero attached hydrogens (tertiary/aromatic N) is 4. The quantitative estimate of drug-likeness (QED) is 0.429. The highest BCUT2D eigenvalue weighted by Crippen LogP contribution is 2.30. The minimum absolute atomic E-state index is 0.675. The Hall–Kier alpha value is -3.51. The summed E-state index contributed by atoms with van der Waals surface area (Å²) in [6.45, 7) is 10.2. The normalized spacial score (nSPS) is 16.9. The number of nitrogens with one attached hydrogen (secondary N) is 2. The number of aromatic amines is 2. The molecule has 6 heteroatoms. The molecule has 3 aromatic heterocycles. The summed E-state index contributed by atoms with van der Waals surface area (Å²) in [6, 6.07) is 4.27. The van der Waals surface area contributed by atoms with Crippen molar-refractivity contribution >= 4 is 28.8 Å². The van der Waals surface area contributed by atoms with Gasteiger partial charge in [-0.05, 0) is 87.2 Å². The van der Waals surface area contributed by atoms with Gasteiger partial charge in [0.05, 0.1) is 29.6 Å². The standard InChI is InChI=1S/C28H32N6/c1-3-4-9-22-16-26(31-20(22)2)28-24-17-25(30-19-27(24)32-33-28)23-10-11-29-18-21(15-23)8-7-14-34-12-5-6-13-34/h3-4,9-10,15-19,31H,1,5-8,11-14H2,2H3,(H,32,33)/b9-4-. The number of hydrogen-bond donors (Lipinski definition) is 2. The van der Waals surface area contributed by atoms with Crippen LogP contribution in [0, 0.1) is 6.92 Å². The third-order valence-corrected chi connectivity index (χ3v) is 6.62. The Morgan fingerprint density at radius 1 is 1.21 bits per heavy atom. The Morgan fingerprint density at radius 2 is 2.09 bits per heavy atom. The number of rotatable bonds is 8. The van der Waals surface area contributed by atoms with Gasteiger partial charge in [0, 0.05) is 17.3 Å². The van der Waals surface area contributed by atoms with Crippen molar-refractivity contribution in [3.05, 3.63) is 71.7 Å². The van der Waals surface area contributed by atoms with Gasteiger partial charge in [-0.25, -0.2) is 0 Å². The molecule has 2 aliphatic rings. The highest BCUT2D eigenvalue weighted by Gasteiger charge is 2.15. The molecule has 0 bridgehead atoms. The zero-order valence-electron chi connectivity index (χ0n) is 19.8. The third-order valence-electron chi connectivity index (χ3n) is 6.62. The molecule has 5 heterocycles. The van der Waals surface area contributed by atoms with Crippen molar-refractivity contribution in [3.8, 4) is 11.4 Å². The average Bonchev–Trinajstić information content (AvgIpc) is 3.55. The second-order valence-electron chi connectivity index (χ2n) is 9.07.